The zero-order chi connectivity index (χ0) is 23.5. The fourth-order valence-electron chi connectivity index (χ4n) is 4.72. The molecule has 2 aliphatic rings. The van der Waals surface area contributed by atoms with Crippen LogP contribution in [0, 0.1) is 5.92 Å². The molecule has 34 heavy (non-hydrogen) atoms. The normalized spacial score (nSPS) is 18.1. The van der Waals surface area contributed by atoms with Crippen LogP contribution in [0.3, 0.4) is 0 Å². The molecule has 1 aliphatic heterocycles. The molecule has 3 aromatic rings. The topological polar surface area (TPSA) is 67.8 Å². The third-order valence-electron chi connectivity index (χ3n) is 6.67. The standard InChI is InChI=1S/C27H32N4O3/c1-3-34-26(32)20-7-6-16-30(18-20)25-23-8-4-5-9-24(23)28-27(29-25)31(21-12-13-21)17-19-10-14-22(33-2)15-11-19/h4-5,8-11,14-15,20-21H,3,6-7,12-13,16-18H2,1-2H3. The van der Waals surface area contributed by atoms with E-state index in [9.17, 15) is 4.79 Å². The molecule has 1 aliphatic carbocycles. The van der Waals surface area contributed by atoms with Crippen LogP contribution in [-0.2, 0) is 16.1 Å². The van der Waals surface area contributed by atoms with Gasteiger partial charge in [-0.3, -0.25) is 4.79 Å². The van der Waals surface area contributed by atoms with Gasteiger partial charge in [0.05, 0.1) is 25.2 Å². The van der Waals surface area contributed by atoms with Crippen molar-refractivity contribution >= 4 is 28.6 Å². The van der Waals surface area contributed by atoms with Crippen LogP contribution in [0.25, 0.3) is 10.9 Å². The number of esters is 1. The van der Waals surface area contributed by atoms with Crippen LogP contribution in [0.15, 0.2) is 48.5 Å². The summed E-state index contributed by atoms with van der Waals surface area (Å²) in [5, 5.41) is 1.02. The Labute approximate surface area is 200 Å². The van der Waals surface area contributed by atoms with E-state index in [0.29, 0.717) is 19.2 Å². The van der Waals surface area contributed by atoms with E-state index in [4.69, 9.17) is 19.4 Å². The van der Waals surface area contributed by atoms with Gasteiger partial charge >= 0.3 is 5.97 Å². The molecule has 1 aromatic heterocycles. The van der Waals surface area contributed by atoms with Gasteiger partial charge in [-0.25, -0.2) is 4.98 Å². The first-order valence-electron chi connectivity index (χ1n) is 12.2. The Morgan fingerprint density at radius 1 is 1.09 bits per heavy atom. The summed E-state index contributed by atoms with van der Waals surface area (Å²) < 4.78 is 10.6. The van der Waals surface area contributed by atoms with E-state index in [0.717, 1.165) is 67.2 Å². The maximum absolute atomic E-state index is 12.5. The number of ether oxygens (including phenoxy) is 2. The molecule has 7 heteroatoms. The van der Waals surface area contributed by atoms with E-state index >= 15 is 0 Å². The second-order valence-electron chi connectivity index (χ2n) is 9.11. The summed E-state index contributed by atoms with van der Waals surface area (Å²) in [6, 6.07) is 16.8. The molecule has 1 unspecified atom stereocenters. The maximum Gasteiger partial charge on any atom is 0.310 e. The molecule has 0 amide bonds. The first-order chi connectivity index (χ1) is 16.7. The highest BCUT2D eigenvalue weighted by atomic mass is 16.5. The second kappa shape index (κ2) is 9.87. The van der Waals surface area contributed by atoms with Crippen LogP contribution in [0.5, 0.6) is 5.75 Å². The van der Waals surface area contributed by atoms with Gasteiger partial charge in [0.25, 0.3) is 0 Å². The first kappa shape index (κ1) is 22.4. The number of anilines is 2. The Morgan fingerprint density at radius 3 is 2.62 bits per heavy atom. The van der Waals surface area contributed by atoms with Crippen LogP contribution in [0.2, 0.25) is 0 Å². The number of fused-ring (bicyclic) bond motifs is 1. The summed E-state index contributed by atoms with van der Waals surface area (Å²) in [6.07, 6.45) is 4.10. The average molecular weight is 461 g/mol. The number of para-hydroxylation sites is 1. The molecule has 5 rings (SSSR count). The first-order valence-corrected chi connectivity index (χ1v) is 12.2. The largest absolute Gasteiger partial charge is 0.497 e. The Hall–Kier alpha value is -3.35. The monoisotopic (exact) mass is 460 g/mol. The molecule has 2 fully saturated rings. The van der Waals surface area contributed by atoms with Crippen molar-refractivity contribution in [2.75, 3.05) is 36.6 Å². The van der Waals surface area contributed by atoms with Crippen molar-refractivity contribution in [3.8, 4) is 5.75 Å². The zero-order valence-corrected chi connectivity index (χ0v) is 19.9. The molecule has 0 spiro atoms. The van der Waals surface area contributed by atoms with Gasteiger partial charge in [-0.05, 0) is 62.4 Å². The highest BCUT2D eigenvalue weighted by molar-refractivity contribution is 5.91. The lowest BCUT2D eigenvalue weighted by Crippen LogP contribution is -2.40. The predicted octanol–water partition coefficient (Wildman–Crippen LogP) is 4.59. The van der Waals surface area contributed by atoms with Gasteiger partial charge < -0.3 is 19.3 Å². The minimum Gasteiger partial charge on any atom is -0.497 e. The third-order valence-corrected chi connectivity index (χ3v) is 6.67. The number of piperidine rings is 1. The molecule has 2 aromatic carbocycles. The minimum absolute atomic E-state index is 0.107. The van der Waals surface area contributed by atoms with Gasteiger partial charge in [0.15, 0.2) is 0 Å². The number of nitrogens with zero attached hydrogens (tertiary/aromatic N) is 4. The molecular weight excluding hydrogens is 428 g/mol. The van der Waals surface area contributed by atoms with Crippen LogP contribution in [0.4, 0.5) is 11.8 Å². The number of hydrogen-bond acceptors (Lipinski definition) is 7. The van der Waals surface area contributed by atoms with E-state index in [1.807, 2.05) is 31.2 Å². The van der Waals surface area contributed by atoms with Gasteiger partial charge in [-0.15, -0.1) is 0 Å². The lowest BCUT2D eigenvalue weighted by molar-refractivity contribution is -0.148. The van der Waals surface area contributed by atoms with Gasteiger partial charge in [-0.1, -0.05) is 24.3 Å². The molecule has 178 valence electrons. The highest BCUT2D eigenvalue weighted by Crippen LogP contribution is 2.35. The van der Waals surface area contributed by atoms with Gasteiger partial charge in [0.2, 0.25) is 5.95 Å². The molecule has 7 nitrogen and oxygen atoms in total. The lowest BCUT2D eigenvalue weighted by atomic mass is 9.98. The van der Waals surface area contributed by atoms with Crippen LogP contribution in [-0.4, -0.2) is 48.8 Å². The summed E-state index contributed by atoms with van der Waals surface area (Å²) in [5.74, 6) is 2.29. The zero-order valence-electron chi connectivity index (χ0n) is 19.9. The van der Waals surface area contributed by atoms with Crippen LogP contribution >= 0.6 is 0 Å². The molecule has 1 atom stereocenters. The third kappa shape index (κ3) is 4.79. The van der Waals surface area contributed by atoms with E-state index in [2.05, 4.69) is 34.1 Å². The van der Waals surface area contributed by atoms with E-state index in [1.165, 1.54) is 5.56 Å². The summed E-state index contributed by atoms with van der Waals surface area (Å²) >= 11 is 0. The van der Waals surface area contributed by atoms with Crippen molar-refractivity contribution in [2.24, 2.45) is 5.92 Å². The summed E-state index contributed by atoms with van der Waals surface area (Å²) in [7, 11) is 1.68. The summed E-state index contributed by atoms with van der Waals surface area (Å²) in [5.41, 5.74) is 2.13. The number of benzene rings is 2. The van der Waals surface area contributed by atoms with Crippen molar-refractivity contribution in [3.05, 3.63) is 54.1 Å². The number of aromatic nitrogens is 2. The number of carbonyl (C=O) groups excluding carboxylic acids is 1. The lowest BCUT2D eigenvalue weighted by Gasteiger charge is -2.34. The molecule has 1 saturated heterocycles. The fourth-order valence-corrected chi connectivity index (χ4v) is 4.72. The van der Waals surface area contributed by atoms with E-state index in [-0.39, 0.29) is 11.9 Å². The smallest absolute Gasteiger partial charge is 0.310 e. The van der Waals surface area contributed by atoms with Crippen LogP contribution in [0.1, 0.15) is 38.2 Å². The van der Waals surface area contributed by atoms with Gasteiger partial charge in [0.1, 0.15) is 11.6 Å². The number of hydrogen-bond donors (Lipinski definition) is 0. The van der Waals surface area contributed by atoms with Crippen molar-refractivity contribution in [2.45, 2.75) is 45.2 Å². The van der Waals surface area contributed by atoms with Crippen LogP contribution < -0.4 is 14.5 Å². The second-order valence-corrected chi connectivity index (χ2v) is 9.11. The summed E-state index contributed by atoms with van der Waals surface area (Å²) in [4.78, 5) is 27.1. The molecule has 0 radical (unpaired) electrons. The Balaban J connectivity index is 1.48. The van der Waals surface area contributed by atoms with Gasteiger partial charge in [-0.2, -0.15) is 4.98 Å². The average Bonchev–Trinajstić information content (AvgIpc) is 3.72. The Kier molecular flexibility index (Phi) is 6.52. The van der Waals surface area contributed by atoms with Gasteiger partial charge in [0, 0.05) is 31.1 Å². The molecule has 2 heterocycles. The highest BCUT2D eigenvalue weighted by Gasteiger charge is 2.33. The SMILES string of the molecule is CCOC(=O)C1CCCN(c2nc(N(Cc3ccc(OC)cc3)C3CC3)nc3ccccc23)C1. The number of methoxy groups -OCH3 is 1. The Morgan fingerprint density at radius 2 is 1.88 bits per heavy atom. The Bertz CT molecular complexity index is 1150. The maximum atomic E-state index is 12.5. The number of carbonyl (C=O) groups is 1. The molecule has 0 N–H and O–H groups in total. The predicted molar refractivity (Wildman–Crippen MR) is 133 cm³/mol. The quantitative estimate of drug-likeness (QED) is 0.456. The molecule has 1 saturated carbocycles. The number of rotatable bonds is 8. The van der Waals surface area contributed by atoms with Crippen molar-refractivity contribution in [3.63, 3.8) is 0 Å². The molecule has 0 bridgehead atoms. The molecular formula is C27H32N4O3. The van der Waals surface area contributed by atoms with E-state index < -0.39 is 0 Å². The van der Waals surface area contributed by atoms with Crippen molar-refractivity contribution in [1.82, 2.24) is 9.97 Å². The minimum atomic E-state index is -0.121. The van der Waals surface area contributed by atoms with E-state index in [1.54, 1.807) is 7.11 Å². The van der Waals surface area contributed by atoms with Crippen molar-refractivity contribution in [1.29, 1.82) is 0 Å². The van der Waals surface area contributed by atoms with Crippen molar-refractivity contribution < 1.29 is 14.3 Å². The summed E-state index contributed by atoms with van der Waals surface area (Å²) in [6.45, 7) is 4.52. The fraction of sp³-hybridized carbons (Fsp3) is 0.444.